The van der Waals surface area contributed by atoms with Crippen molar-refractivity contribution < 1.29 is 0 Å². The normalized spacial score (nSPS) is 27.8. The van der Waals surface area contributed by atoms with Crippen LogP contribution in [0.2, 0.25) is 0 Å². The number of halogens is 1. The predicted octanol–water partition coefficient (Wildman–Crippen LogP) is 2.27. The van der Waals surface area contributed by atoms with E-state index in [0.717, 1.165) is 0 Å². The van der Waals surface area contributed by atoms with Gasteiger partial charge in [-0.2, -0.15) is 0 Å². The second-order valence-corrected chi connectivity index (χ2v) is 5.10. The lowest BCUT2D eigenvalue weighted by atomic mass is 9.83. The van der Waals surface area contributed by atoms with Gasteiger partial charge in [0.25, 0.3) is 0 Å². The van der Waals surface area contributed by atoms with Crippen molar-refractivity contribution in [2.75, 3.05) is 0 Å². The summed E-state index contributed by atoms with van der Waals surface area (Å²) in [6, 6.07) is 0. The summed E-state index contributed by atoms with van der Waals surface area (Å²) in [5.41, 5.74) is 0.340. The van der Waals surface area contributed by atoms with Gasteiger partial charge in [-0.3, -0.25) is 0 Å². The maximum absolute atomic E-state index is 6.23. The lowest BCUT2D eigenvalue weighted by molar-refractivity contribution is 0.0586. The third kappa shape index (κ3) is 2.50. The van der Waals surface area contributed by atoms with Gasteiger partial charge in [-0.25, -0.2) is 4.42 Å². The standard InChI is InChI=1S/C9H18ClN.Mg.2H/c1-8(2)6-5-7-9(3,4)11(8)10;;;/h5-7H2,1-4H3;;;. The summed E-state index contributed by atoms with van der Waals surface area (Å²) in [5, 5.41) is 0. The highest BCUT2D eigenvalue weighted by atomic mass is 35.5. The van der Waals surface area contributed by atoms with Crippen molar-refractivity contribution in [1.82, 2.24) is 4.42 Å². The number of hydrogen-bond acceptors (Lipinski definition) is 1. The van der Waals surface area contributed by atoms with E-state index in [1.165, 1.54) is 19.3 Å². The lowest BCUT2D eigenvalue weighted by Gasteiger charge is -2.48. The first-order valence-corrected chi connectivity index (χ1v) is 4.66. The molecule has 1 fully saturated rings. The number of hydrogen-bond donors (Lipinski definition) is 0. The highest BCUT2D eigenvalue weighted by molar-refractivity contribution is 6.14. The summed E-state index contributed by atoms with van der Waals surface area (Å²) in [6.07, 6.45) is 3.71. The van der Waals surface area contributed by atoms with Crippen molar-refractivity contribution in [2.45, 2.75) is 58.0 Å². The van der Waals surface area contributed by atoms with Gasteiger partial charge in [0.1, 0.15) is 0 Å². The van der Waals surface area contributed by atoms with Gasteiger partial charge < -0.3 is 0 Å². The first kappa shape index (κ1) is 13.0. The third-order valence-electron chi connectivity index (χ3n) is 2.64. The Morgan fingerprint density at radius 3 is 1.58 bits per heavy atom. The van der Waals surface area contributed by atoms with Crippen LogP contribution in [0.15, 0.2) is 0 Å². The molecule has 0 aromatic heterocycles. The van der Waals surface area contributed by atoms with Crippen LogP contribution in [0.1, 0.15) is 47.0 Å². The molecule has 70 valence electrons. The highest BCUT2D eigenvalue weighted by Crippen LogP contribution is 2.39. The largest absolute Gasteiger partial charge is 0.316 e. The molecule has 0 spiro atoms. The lowest BCUT2D eigenvalue weighted by Crippen LogP contribution is -2.53. The molecule has 1 saturated heterocycles. The van der Waals surface area contributed by atoms with E-state index in [9.17, 15) is 0 Å². The molecule has 1 aliphatic rings. The molecule has 12 heavy (non-hydrogen) atoms. The molecule has 0 amide bonds. The molecule has 0 bridgehead atoms. The van der Waals surface area contributed by atoms with Gasteiger partial charge in [-0.15, -0.1) is 0 Å². The molecule has 1 rings (SSSR count). The van der Waals surface area contributed by atoms with Crippen LogP contribution in [0.3, 0.4) is 0 Å². The maximum atomic E-state index is 6.23. The van der Waals surface area contributed by atoms with Gasteiger partial charge in [0.05, 0.1) is 0 Å². The van der Waals surface area contributed by atoms with E-state index in [-0.39, 0.29) is 34.1 Å². The molecular weight excluding hydrogens is 182 g/mol. The first-order valence-electron chi connectivity index (χ1n) is 4.32. The fourth-order valence-corrected chi connectivity index (χ4v) is 2.14. The van der Waals surface area contributed by atoms with Gasteiger partial charge >= 0.3 is 23.1 Å². The zero-order valence-electron chi connectivity index (χ0n) is 7.95. The molecule has 0 unspecified atom stereocenters. The van der Waals surface area contributed by atoms with Gasteiger partial charge in [0, 0.05) is 11.1 Å². The summed E-state index contributed by atoms with van der Waals surface area (Å²) in [7, 11) is 0. The molecule has 3 heteroatoms. The molecule has 0 aromatic carbocycles. The molecule has 0 aromatic rings. The molecule has 1 aliphatic heterocycles. The quantitative estimate of drug-likeness (QED) is 0.430. The Bertz CT molecular complexity index is 141. The molecule has 0 saturated carbocycles. The van der Waals surface area contributed by atoms with E-state index < -0.39 is 0 Å². The Morgan fingerprint density at radius 2 is 1.33 bits per heavy atom. The van der Waals surface area contributed by atoms with Crippen molar-refractivity contribution in [3.8, 4) is 0 Å². The fourth-order valence-electron chi connectivity index (χ4n) is 1.97. The van der Waals surface area contributed by atoms with Crippen LogP contribution < -0.4 is 0 Å². The van der Waals surface area contributed by atoms with Crippen LogP contribution in [0.5, 0.6) is 0 Å². The minimum atomic E-state index is 0. The summed E-state index contributed by atoms with van der Waals surface area (Å²) < 4.78 is 1.99. The van der Waals surface area contributed by atoms with Crippen molar-refractivity contribution in [1.29, 1.82) is 0 Å². The zero-order chi connectivity index (χ0) is 8.70. The molecule has 0 N–H and O–H groups in total. The Hall–Kier alpha value is 1.02. The second kappa shape index (κ2) is 4.03. The second-order valence-electron chi connectivity index (χ2n) is 4.76. The first-order chi connectivity index (χ1) is 4.86. The Labute approximate surface area is 97.1 Å². The minimum Gasteiger partial charge on any atom is -0.209 e. The topological polar surface area (TPSA) is 3.24 Å². The SMILES string of the molecule is CC1(C)CCCC(C)(C)N1Cl.[MgH2]. The molecular formula is C9H20ClMgN. The van der Waals surface area contributed by atoms with Crippen molar-refractivity contribution in [2.24, 2.45) is 0 Å². The average molecular weight is 202 g/mol. The number of rotatable bonds is 0. The minimum absolute atomic E-state index is 0. The van der Waals surface area contributed by atoms with Crippen LogP contribution in [0, 0.1) is 0 Å². The smallest absolute Gasteiger partial charge is 0.209 e. The summed E-state index contributed by atoms with van der Waals surface area (Å²) in [4.78, 5) is 0. The van der Waals surface area contributed by atoms with Gasteiger partial charge in [0.2, 0.25) is 0 Å². The van der Waals surface area contributed by atoms with Crippen LogP contribution in [0.4, 0.5) is 0 Å². The monoisotopic (exact) mass is 201 g/mol. The van der Waals surface area contributed by atoms with E-state index >= 15 is 0 Å². The van der Waals surface area contributed by atoms with Crippen molar-refractivity contribution >= 4 is 34.8 Å². The Morgan fingerprint density at radius 1 is 1.00 bits per heavy atom. The highest BCUT2D eigenvalue weighted by Gasteiger charge is 2.40. The van der Waals surface area contributed by atoms with Crippen molar-refractivity contribution in [3.05, 3.63) is 0 Å². The van der Waals surface area contributed by atoms with E-state index in [0.29, 0.717) is 0 Å². The fraction of sp³-hybridized carbons (Fsp3) is 1.00. The predicted molar refractivity (Wildman–Crippen MR) is 58.2 cm³/mol. The van der Waals surface area contributed by atoms with E-state index in [4.69, 9.17) is 11.8 Å². The van der Waals surface area contributed by atoms with Crippen LogP contribution in [-0.4, -0.2) is 38.5 Å². The van der Waals surface area contributed by atoms with E-state index in [1.807, 2.05) is 4.42 Å². The van der Waals surface area contributed by atoms with Crippen LogP contribution in [-0.2, 0) is 0 Å². The Kier molecular flexibility index (Phi) is 4.37. The average Bonchev–Trinajstić information content (AvgIpc) is 1.82. The summed E-state index contributed by atoms with van der Waals surface area (Å²) >= 11 is 6.23. The van der Waals surface area contributed by atoms with Gasteiger partial charge in [-0.1, -0.05) is 0 Å². The van der Waals surface area contributed by atoms with Gasteiger partial charge in [-0.05, 0) is 58.7 Å². The number of nitrogens with zero attached hydrogens (tertiary/aromatic N) is 1. The van der Waals surface area contributed by atoms with E-state index in [2.05, 4.69) is 27.7 Å². The molecule has 1 heterocycles. The zero-order valence-corrected chi connectivity index (χ0v) is 8.70. The number of piperidine rings is 1. The molecule has 0 atom stereocenters. The van der Waals surface area contributed by atoms with Crippen LogP contribution >= 0.6 is 11.8 Å². The summed E-state index contributed by atoms with van der Waals surface area (Å²) in [5.74, 6) is 0. The van der Waals surface area contributed by atoms with Gasteiger partial charge in [0.15, 0.2) is 0 Å². The van der Waals surface area contributed by atoms with E-state index in [1.54, 1.807) is 0 Å². The third-order valence-corrected chi connectivity index (χ3v) is 3.56. The van der Waals surface area contributed by atoms with Crippen molar-refractivity contribution in [3.63, 3.8) is 0 Å². The summed E-state index contributed by atoms with van der Waals surface area (Å²) in [6.45, 7) is 8.84. The molecule has 0 aliphatic carbocycles. The Balaban J connectivity index is 0.00000121. The van der Waals surface area contributed by atoms with Crippen LogP contribution in [0.25, 0.3) is 0 Å². The molecule has 0 radical (unpaired) electrons. The maximum Gasteiger partial charge on any atom is 0.316 e. The molecule has 1 nitrogen and oxygen atoms in total.